The first-order valence-electron chi connectivity index (χ1n) is 6.42. The van der Waals surface area contributed by atoms with Crippen molar-refractivity contribution in [1.82, 2.24) is 4.98 Å². The molecule has 1 atom stereocenters. The maximum atomic E-state index is 12.2. The number of carbonyl (C=O) groups is 1. The Morgan fingerprint density at radius 3 is 2.95 bits per heavy atom. The third kappa shape index (κ3) is 2.56. The minimum absolute atomic E-state index is 0.00990. The van der Waals surface area contributed by atoms with Crippen molar-refractivity contribution in [1.29, 1.82) is 0 Å². The van der Waals surface area contributed by atoms with Crippen molar-refractivity contribution in [3.8, 4) is 0 Å². The molecule has 0 bridgehead atoms. The maximum absolute atomic E-state index is 12.2. The number of hydrogen-bond donors (Lipinski definition) is 1. The van der Waals surface area contributed by atoms with Gasteiger partial charge < -0.3 is 5.32 Å². The Balaban J connectivity index is 1.80. The van der Waals surface area contributed by atoms with Gasteiger partial charge in [0, 0.05) is 28.3 Å². The normalized spacial score (nSPS) is 12.2. The third-order valence-electron chi connectivity index (χ3n) is 3.27. The predicted molar refractivity (Wildman–Crippen MR) is 83.1 cm³/mol. The average molecular weight is 282 g/mol. The van der Waals surface area contributed by atoms with Crippen molar-refractivity contribution in [2.45, 2.75) is 12.8 Å². The molecule has 3 aromatic rings. The molecule has 0 saturated carbocycles. The Morgan fingerprint density at radius 1 is 1.25 bits per heavy atom. The summed E-state index contributed by atoms with van der Waals surface area (Å²) in [6.45, 7) is 1.92. The highest BCUT2D eigenvalue weighted by atomic mass is 32.1. The van der Waals surface area contributed by atoms with E-state index in [0.717, 1.165) is 21.3 Å². The van der Waals surface area contributed by atoms with Gasteiger partial charge in [0.25, 0.3) is 0 Å². The summed E-state index contributed by atoms with van der Waals surface area (Å²) in [7, 11) is 0. The summed E-state index contributed by atoms with van der Waals surface area (Å²) >= 11 is 1.60. The topological polar surface area (TPSA) is 42.0 Å². The molecule has 3 nitrogen and oxygen atoms in total. The summed E-state index contributed by atoms with van der Waals surface area (Å²) in [5, 5.41) is 7.09. The van der Waals surface area contributed by atoms with Crippen molar-refractivity contribution in [2.75, 3.05) is 5.32 Å². The Morgan fingerprint density at radius 2 is 2.15 bits per heavy atom. The summed E-state index contributed by atoms with van der Waals surface area (Å²) < 4.78 is 0. The molecule has 0 spiro atoms. The lowest BCUT2D eigenvalue weighted by molar-refractivity contribution is -0.117. The number of fused-ring (bicyclic) bond motifs is 1. The zero-order valence-electron chi connectivity index (χ0n) is 11.0. The molecule has 2 heterocycles. The van der Waals surface area contributed by atoms with Crippen molar-refractivity contribution in [3.05, 3.63) is 59.0 Å². The minimum atomic E-state index is -0.139. The molecule has 1 amide bonds. The van der Waals surface area contributed by atoms with Crippen molar-refractivity contribution < 1.29 is 4.79 Å². The van der Waals surface area contributed by atoms with Crippen LogP contribution in [0.4, 0.5) is 5.69 Å². The van der Waals surface area contributed by atoms with E-state index in [9.17, 15) is 4.79 Å². The highest BCUT2D eigenvalue weighted by Gasteiger charge is 2.16. The number of thiophene rings is 1. The van der Waals surface area contributed by atoms with E-state index >= 15 is 0 Å². The van der Waals surface area contributed by atoms with Crippen LogP contribution < -0.4 is 5.32 Å². The second kappa shape index (κ2) is 5.43. The number of amides is 1. The van der Waals surface area contributed by atoms with Crippen LogP contribution in [0.5, 0.6) is 0 Å². The Hall–Kier alpha value is -2.20. The van der Waals surface area contributed by atoms with E-state index in [-0.39, 0.29) is 11.8 Å². The highest BCUT2D eigenvalue weighted by Crippen LogP contribution is 2.23. The number of nitrogens with one attached hydrogen (secondary N) is 1. The van der Waals surface area contributed by atoms with Crippen LogP contribution in [0.2, 0.25) is 0 Å². The van der Waals surface area contributed by atoms with E-state index in [2.05, 4.69) is 10.3 Å². The number of benzene rings is 1. The Labute approximate surface area is 121 Å². The number of carbonyl (C=O) groups excluding carboxylic acids is 1. The van der Waals surface area contributed by atoms with E-state index in [4.69, 9.17) is 0 Å². The van der Waals surface area contributed by atoms with Gasteiger partial charge in [-0.05, 0) is 42.0 Å². The van der Waals surface area contributed by atoms with Gasteiger partial charge in [-0.3, -0.25) is 9.78 Å². The van der Waals surface area contributed by atoms with Gasteiger partial charge in [-0.1, -0.05) is 12.1 Å². The van der Waals surface area contributed by atoms with E-state index in [1.54, 1.807) is 23.7 Å². The molecular formula is C16H14N2OS. The van der Waals surface area contributed by atoms with Gasteiger partial charge >= 0.3 is 0 Å². The molecule has 20 heavy (non-hydrogen) atoms. The Bertz CT molecular complexity index is 737. The van der Waals surface area contributed by atoms with Gasteiger partial charge in [0.1, 0.15) is 0 Å². The molecule has 0 aliphatic heterocycles. The van der Waals surface area contributed by atoms with E-state index in [0.29, 0.717) is 0 Å². The van der Waals surface area contributed by atoms with Gasteiger partial charge in [-0.25, -0.2) is 0 Å². The number of aromatic nitrogens is 1. The van der Waals surface area contributed by atoms with Crippen LogP contribution in [0.1, 0.15) is 17.7 Å². The number of rotatable bonds is 3. The van der Waals surface area contributed by atoms with Crippen molar-refractivity contribution in [2.24, 2.45) is 0 Å². The maximum Gasteiger partial charge on any atom is 0.232 e. The zero-order valence-corrected chi connectivity index (χ0v) is 11.9. The van der Waals surface area contributed by atoms with Crippen LogP contribution in [0.3, 0.4) is 0 Å². The first-order chi connectivity index (χ1) is 9.74. The fourth-order valence-electron chi connectivity index (χ4n) is 2.08. The summed E-state index contributed by atoms with van der Waals surface area (Å²) in [6.07, 6.45) is 3.56. The van der Waals surface area contributed by atoms with Gasteiger partial charge in [0.05, 0.1) is 5.92 Å². The predicted octanol–water partition coefficient (Wildman–Crippen LogP) is 4.04. The lowest BCUT2D eigenvalue weighted by Gasteiger charge is -2.11. The van der Waals surface area contributed by atoms with Crippen LogP contribution in [-0.2, 0) is 4.79 Å². The molecule has 0 aliphatic rings. The molecule has 0 unspecified atom stereocenters. The SMILES string of the molecule is C[C@H](C(=O)Nc1ccc2ccncc2c1)c1cccs1. The monoisotopic (exact) mass is 282 g/mol. The second-order valence-electron chi connectivity index (χ2n) is 4.66. The standard InChI is InChI=1S/C16H14N2OS/c1-11(15-3-2-8-20-15)16(19)18-14-5-4-12-6-7-17-10-13(12)9-14/h2-11H,1H3,(H,18,19)/t11-/m0/s1. The van der Waals surface area contributed by atoms with Crippen LogP contribution >= 0.6 is 11.3 Å². The molecule has 0 radical (unpaired) electrons. The van der Waals surface area contributed by atoms with Gasteiger partial charge in [0.15, 0.2) is 0 Å². The molecule has 1 N–H and O–H groups in total. The van der Waals surface area contributed by atoms with Gasteiger partial charge in [-0.15, -0.1) is 11.3 Å². The smallest absolute Gasteiger partial charge is 0.232 e. The van der Waals surface area contributed by atoms with E-state index in [1.807, 2.05) is 48.7 Å². The fourth-order valence-corrected chi connectivity index (χ4v) is 2.86. The lowest BCUT2D eigenvalue weighted by atomic mass is 10.1. The molecular weight excluding hydrogens is 268 g/mol. The molecule has 2 aromatic heterocycles. The quantitative estimate of drug-likeness (QED) is 0.787. The zero-order chi connectivity index (χ0) is 13.9. The van der Waals surface area contributed by atoms with Crippen molar-refractivity contribution in [3.63, 3.8) is 0 Å². The van der Waals surface area contributed by atoms with Crippen LogP contribution in [0.15, 0.2) is 54.2 Å². The fraction of sp³-hybridized carbons (Fsp3) is 0.125. The largest absolute Gasteiger partial charge is 0.326 e. The summed E-state index contributed by atoms with van der Waals surface area (Å²) in [5.41, 5.74) is 0.805. The van der Waals surface area contributed by atoms with E-state index < -0.39 is 0 Å². The average Bonchev–Trinajstić information content (AvgIpc) is 3.00. The van der Waals surface area contributed by atoms with Crippen LogP contribution in [0.25, 0.3) is 10.8 Å². The highest BCUT2D eigenvalue weighted by molar-refractivity contribution is 7.10. The molecule has 1 aromatic carbocycles. The van der Waals surface area contributed by atoms with Gasteiger partial charge in [-0.2, -0.15) is 0 Å². The van der Waals surface area contributed by atoms with Crippen molar-refractivity contribution >= 4 is 33.7 Å². The molecule has 100 valence electrons. The number of pyridine rings is 1. The number of nitrogens with zero attached hydrogens (tertiary/aromatic N) is 1. The Kier molecular flexibility index (Phi) is 3.48. The minimum Gasteiger partial charge on any atom is -0.326 e. The molecule has 4 heteroatoms. The summed E-state index contributed by atoms with van der Waals surface area (Å²) in [6, 6.07) is 11.8. The van der Waals surface area contributed by atoms with Gasteiger partial charge in [0.2, 0.25) is 5.91 Å². The number of hydrogen-bond acceptors (Lipinski definition) is 3. The second-order valence-corrected chi connectivity index (χ2v) is 5.64. The molecule has 0 aliphatic carbocycles. The number of anilines is 1. The molecule has 0 fully saturated rings. The van der Waals surface area contributed by atoms with E-state index in [1.165, 1.54) is 0 Å². The van der Waals surface area contributed by atoms with Crippen LogP contribution in [0, 0.1) is 0 Å². The summed E-state index contributed by atoms with van der Waals surface area (Å²) in [5.74, 6) is -0.129. The first-order valence-corrected chi connectivity index (χ1v) is 7.30. The van der Waals surface area contributed by atoms with Crippen LogP contribution in [-0.4, -0.2) is 10.9 Å². The lowest BCUT2D eigenvalue weighted by Crippen LogP contribution is -2.18. The molecule has 3 rings (SSSR count). The first kappa shape index (κ1) is 12.8. The third-order valence-corrected chi connectivity index (χ3v) is 4.33. The summed E-state index contributed by atoms with van der Waals surface area (Å²) in [4.78, 5) is 17.4. The molecule has 0 saturated heterocycles.